The summed E-state index contributed by atoms with van der Waals surface area (Å²) < 4.78 is 2.32. The SMILES string of the molecule is O[C-]=[W].[CH-]=C[C]([NH-])=[W].[CH2-]CC.[Y]. The average molecular weight is 582 g/mol. The largest absolute Gasteiger partial charge is 0.344 e. The van der Waals surface area contributed by atoms with Crippen LogP contribution in [-0.4, -0.2) is 13.7 Å². The zero-order chi connectivity index (χ0) is 9.70. The zero-order valence-electron chi connectivity index (χ0n) is 6.91. The van der Waals surface area contributed by atoms with E-state index in [1.54, 1.807) is 0 Å². The monoisotopic (exact) mass is 582 g/mol. The summed E-state index contributed by atoms with van der Waals surface area (Å²) in [5, 5.41) is 7.36. The van der Waals surface area contributed by atoms with Crippen molar-refractivity contribution in [3.63, 3.8) is 0 Å². The smallest absolute Gasteiger partial charge is 0 e. The average Bonchev–Trinajstić information content (AvgIpc) is 1.91. The van der Waals surface area contributed by atoms with Gasteiger partial charge in [0.2, 0.25) is 0 Å². The van der Waals surface area contributed by atoms with Gasteiger partial charge < -0.3 is 6.92 Å². The quantitative estimate of drug-likeness (QED) is 0.469. The van der Waals surface area contributed by atoms with E-state index in [2.05, 4.69) is 6.92 Å². The fraction of sp³-hybridized carbons (Fsp3) is 0.286. The fourth-order valence-corrected chi connectivity index (χ4v) is 0. The van der Waals surface area contributed by atoms with Crippen molar-refractivity contribution in [3.05, 3.63) is 25.3 Å². The molecule has 0 spiro atoms. The van der Waals surface area contributed by atoms with Gasteiger partial charge in [-0.05, 0) is 0 Å². The van der Waals surface area contributed by atoms with E-state index in [0.29, 0.717) is 4.02 Å². The van der Waals surface area contributed by atoms with Crippen molar-refractivity contribution in [3.8, 4) is 0 Å². The molecule has 2 nitrogen and oxygen atoms in total. The second-order valence-corrected chi connectivity index (χ2v) is 3.36. The predicted octanol–water partition coefficient (Wildman–Crippen LogP) is 1.47. The van der Waals surface area contributed by atoms with Crippen molar-refractivity contribution in [2.45, 2.75) is 13.3 Å². The molecule has 0 rings (SSSR count). The van der Waals surface area contributed by atoms with E-state index in [1.807, 2.05) is 11.5 Å². The second kappa shape index (κ2) is 29.3. The Balaban J connectivity index is -0.0000000406. The number of aliphatic hydroxyl groups is 1. The van der Waals surface area contributed by atoms with Crippen LogP contribution in [0.5, 0.6) is 0 Å². The summed E-state index contributed by atoms with van der Waals surface area (Å²) in [5.74, 6) is 0. The minimum atomic E-state index is 0. The van der Waals surface area contributed by atoms with E-state index in [4.69, 9.17) is 17.4 Å². The van der Waals surface area contributed by atoms with Crippen molar-refractivity contribution in [1.29, 1.82) is 0 Å². The first-order valence-corrected chi connectivity index (χ1v) is 5.64. The molecule has 0 aromatic heterocycles. The molecule has 0 aromatic carbocycles. The fourth-order valence-electron chi connectivity index (χ4n) is 0. The molecule has 0 aliphatic carbocycles. The van der Waals surface area contributed by atoms with Gasteiger partial charge in [-0.25, -0.2) is 0 Å². The van der Waals surface area contributed by atoms with Crippen LogP contribution < -0.4 is 0 Å². The van der Waals surface area contributed by atoms with Crippen molar-refractivity contribution in [2.75, 3.05) is 0 Å². The molecular weight excluding hydrogens is 571 g/mol. The minimum absolute atomic E-state index is 0. The summed E-state index contributed by atoms with van der Waals surface area (Å²) in [6.07, 6.45) is 2.29. The molecule has 1 radical (unpaired) electrons. The summed E-state index contributed by atoms with van der Waals surface area (Å²) in [4.78, 5) is 0. The number of rotatable bonds is 1. The molecular formula is C7H11NOW2Y-4. The van der Waals surface area contributed by atoms with E-state index in [1.165, 1.54) is 6.08 Å². The summed E-state index contributed by atoms with van der Waals surface area (Å²) in [6, 6.07) is 0. The molecule has 0 fully saturated rings. The Bertz CT molecular complexity index is 110. The number of hydrogen-bond acceptors (Lipinski definition) is 1. The third-order valence-electron chi connectivity index (χ3n) is 0.151. The van der Waals surface area contributed by atoms with Crippen LogP contribution in [0, 0.1) is 13.5 Å². The Morgan fingerprint density at radius 2 is 1.92 bits per heavy atom. The van der Waals surface area contributed by atoms with Crippen LogP contribution in [0.1, 0.15) is 13.3 Å². The number of aliphatic hydroxyl groups excluding tert-OH is 1. The third kappa shape index (κ3) is 93.4. The first kappa shape index (κ1) is 23.6. The van der Waals surface area contributed by atoms with Gasteiger partial charge in [0.1, 0.15) is 0 Å². The molecule has 0 amide bonds. The first-order valence-electron chi connectivity index (χ1n) is 2.71. The van der Waals surface area contributed by atoms with Crippen molar-refractivity contribution in [2.24, 2.45) is 0 Å². The predicted molar refractivity (Wildman–Crippen MR) is 40.8 cm³/mol. The Kier molecular flexibility index (Phi) is 57.5. The minimum Gasteiger partial charge on any atom is -0.344 e. The molecule has 0 saturated carbocycles. The molecule has 5 heteroatoms. The molecule has 0 atom stereocenters. The van der Waals surface area contributed by atoms with E-state index < -0.39 is 0 Å². The van der Waals surface area contributed by atoms with Gasteiger partial charge in [0.15, 0.2) is 0 Å². The summed E-state index contributed by atoms with van der Waals surface area (Å²) in [6.45, 7) is 10.3. The molecule has 12 heavy (non-hydrogen) atoms. The molecule has 0 unspecified atom stereocenters. The molecule has 0 saturated heterocycles. The van der Waals surface area contributed by atoms with Crippen LogP contribution in [0.4, 0.5) is 0 Å². The Hall–Kier alpha value is 1.88. The van der Waals surface area contributed by atoms with Gasteiger partial charge in [-0.3, -0.25) is 0 Å². The van der Waals surface area contributed by atoms with Crippen molar-refractivity contribution < 1.29 is 76.5 Å². The van der Waals surface area contributed by atoms with E-state index in [0.717, 1.165) is 45.1 Å². The van der Waals surface area contributed by atoms with Crippen LogP contribution >= 0.6 is 0 Å². The maximum atomic E-state index is 7.36. The maximum Gasteiger partial charge on any atom is 0 e. The van der Waals surface area contributed by atoms with Crippen LogP contribution in [0.2, 0.25) is 0 Å². The molecule has 0 heterocycles. The number of hydrogen-bond donors (Lipinski definition) is 1. The molecule has 69 valence electrons. The van der Waals surface area contributed by atoms with E-state index in [9.17, 15) is 0 Å². The van der Waals surface area contributed by atoms with Crippen LogP contribution in [0.15, 0.2) is 6.08 Å². The van der Waals surface area contributed by atoms with Gasteiger partial charge >= 0.3 is 70.8 Å². The molecule has 0 aliphatic rings. The third-order valence-corrected chi connectivity index (χ3v) is 0.640. The zero-order valence-corrected chi connectivity index (χ0v) is 15.6. The molecule has 0 aliphatic heterocycles. The normalized spacial score (nSPS) is 5.33. The standard InChI is InChI=1S/C3H3N.C3H7.CHO.2W.Y/c1-2-3-4;1-3-2;1-2;;;/h1-2,4H;1,3H2,2H3;2H;;;/q-2;2*-1;;;. The first-order chi connectivity index (χ1) is 5.10. The van der Waals surface area contributed by atoms with Gasteiger partial charge in [0.25, 0.3) is 0 Å². The van der Waals surface area contributed by atoms with E-state index in [-0.39, 0.29) is 32.7 Å². The Morgan fingerprint density at radius 1 is 1.83 bits per heavy atom. The van der Waals surface area contributed by atoms with Crippen molar-refractivity contribution >= 4 is 8.61 Å². The van der Waals surface area contributed by atoms with Gasteiger partial charge in [-0.1, -0.05) is 6.92 Å². The Labute approximate surface area is 122 Å². The van der Waals surface area contributed by atoms with Crippen LogP contribution in [-0.2, 0) is 71.4 Å². The van der Waals surface area contributed by atoms with E-state index >= 15 is 0 Å². The molecule has 0 bridgehead atoms. The topological polar surface area (TPSA) is 44.0 Å². The Morgan fingerprint density at radius 3 is 1.92 bits per heavy atom. The van der Waals surface area contributed by atoms with Crippen molar-refractivity contribution in [1.82, 2.24) is 0 Å². The molecule has 0 aromatic rings. The van der Waals surface area contributed by atoms with Gasteiger partial charge in [0.05, 0.1) is 0 Å². The van der Waals surface area contributed by atoms with Gasteiger partial charge in [-0.2, -0.15) is 6.42 Å². The number of nitrogens with one attached hydrogen (secondary N) is 1. The van der Waals surface area contributed by atoms with Gasteiger partial charge in [0, 0.05) is 32.7 Å². The summed E-state index contributed by atoms with van der Waals surface area (Å²) in [5.41, 5.74) is 6.60. The summed E-state index contributed by atoms with van der Waals surface area (Å²) in [7, 11) is 0. The van der Waals surface area contributed by atoms with Crippen LogP contribution in [0.25, 0.3) is 5.73 Å². The van der Waals surface area contributed by atoms with Crippen LogP contribution in [0.3, 0.4) is 0 Å². The second-order valence-electron chi connectivity index (χ2n) is 1.12. The molecule has 2 N–H and O–H groups in total. The summed E-state index contributed by atoms with van der Waals surface area (Å²) >= 11 is 2.09. The van der Waals surface area contributed by atoms with Gasteiger partial charge in [-0.15, -0.1) is 0 Å². The maximum absolute atomic E-state index is 7.36.